The highest BCUT2D eigenvalue weighted by molar-refractivity contribution is 5.80. The van der Waals surface area contributed by atoms with Gasteiger partial charge in [-0.3, -0.25) is 9.59 Å². The Balaban J connectivity index is 2.42. The molecule has 18 heavy (non-hydrogen) atoms. The predicted molar refractivity (Wildman–Crippen MR) is 53.8 cm³/mol. The lowest BCUT2D eigenvalue weighted by Crippen LogP contribution is -2.40. The summed E-state index contributed by atoms with van der Waals surface area (Å²) in [7, 11) is 0. The Labute approximate surface area is 102 Å². The van der Waals surface area contributed by atoms with Gasteiger partial charge in [-0.1, -0.05) is 0 Å². The lowest BCUT2D eigenvalue weighted by Gasteiger charge is -2.23. The Morgan fingerprint density at radius 3 is 2.50 bits per heavy atom. The minimum Gasteiger partial charge on any atom is -0.481 e. The van der Waals surface area contributed by atoms with Gasteiger partial charge in [0.25, 0.3) is 0 Å². The Kier molecular flexibility index (Phi) is 4.55. The van der Waals surface area contributed by atoms with Gasteiger partial charge >= 0.3 is 12.1 Å². The number of halogens is 3. The van der Waals surface area contributed by atoms with Crippen LogP contribution in [-0.2, 0) is 14.3 Å². The Morgan fingerprint density at radius 1 is 1.44 bits per heavy atom. The van der Waals surface area contributed by atoms with E-state index in [1.807, 2.05) is 0 Å². The molecule has 0 bridgehead atoms. The third-order valence-corrected chi connectivity index (χ3v) is 2.88. The largest absolute Gasteiger partial charge is 0.481 e. The molecule has 0 aromatic heterocycles. The zero-order chi connectivity index (χ0) is 13.9. The van der Waals surface area contributed by atoms with Crippen molar-refractivity contribution in [2.75, 3.05) is 19.8 Å². The van der Waals surface area contributed by atoms with Crippen molar-refractivity contribution in [3.63, 3.8) is 0 Å². The van der Waals surface area contributed by atoms with Crippen molar-refractivity contribution in [3.8, 4) is 0 Å². The van der Waals surface area contributed by atoms with Crippen LogP contribution in [0.4, 0.5) is 13.2 Å². The first kappa shape index (κ1) is 14.7. The van der Waals surface area contributed by atoms with Crippen LogP contribution in [0.5, 0.6) is 0 Å². The third kappa shape index (κ3) is 3.86. The Hall–Kier alpha value is -1.31. The van der Waals surface area contributed by atoms with E-state index in [2.05, 4.69) is 4.74 Å². The van der Waals surface area contributed by atoms with E-state index < -0.39 is 43.2 Å². The summed E-state index contributed by atoms with van der Waals surface area (Å²) < 4.78 is 39.7. The van der Waals surface area contributed by atoms with Gasteiger partial charge in [-0.2, -0.15) is 13.2 Å². The van der Waals surface area contributed by atoms with E-state index >= 15 is 0 Å². The molecule has 0 saturated carbocycles. The van der Waals surface area contributed by atoms with Crippen molar-refractivity contribution in [1.82, 2.24) is 4.90 Å². The van der Waals surface area contributed by atoms with Crippen molar-refractivity contribution < 1.29 is 32.6 Å². The van der Waals surface area contributed by atoms with E-state index in [1.165, 1.54) is 4.90 Å². The molecular weight excluding hydrogens is 255 g/mol. The summed E-state index contributed by atoms with van der Waals surface area (Å²) in [6, 6.07) is -0.524. The molecule has 1 rings (SSSR count). The molecular formula is C10H14F3NO4. The number of ether oxygens (including phenoxy) is 1. The first-order valence-electron chi connectivity index (χ1n) is 5.39. The van der Waals surface area contributed by atoms with Gasteiger partial charge in [-0.25, -0.2) is 0 Å². The number of amides is 1. The second-order valence-corrected chi connectivity index (χ2v) is 4.17. The summed E-state index contributed by atoms with van der Waals surface area (Å²) in [5, 5.41) is 8.85. The minimum atomic E-state index is -4.47. The number of hydrogen-bond donors (Lipinski definition) is 1. The summed E-state index contributed by atoms with van der Waals surface area (Å²) in [6.45, 7) is -0.376. The molecule has 1 aliphatic heterocycles. The molecule has 2 atom stereocenters. The minimum absolute atomic E-state index is 0.229. The summed E-state index contributed by atoms with van der Waals surface area (Å²) in [6.07, 6.45) is -4.16. The lowest BCUT2D eigenvalue weighted by atomic mass is 10.0. The number of likely N-dealkylation sites (tertiary alicyclic amines) is 1. The molecule has 1 N–H and O–H groups in total. The molecule has 1 heterocycles. The molecule has 5 nitrogen and oxygen atoms in total. The van der Waals surface area contributed by atoms with Crippen LogP contribution in [0.2, 0.25) is 0 Å². The standard InChI is InChI=1S/C10H14F3NO4/c1-6-7(9(16)17)2-3-14(6)8(15)4-18-5-10(11,12)13/h6-7H,2-5H2,1H3,(H,16,17). The quantitative estimate of drug-likeness (QED) is 0.823. The molecule has 1 fully saturated rings. The van der Waals surface area contributed by atoms with Crippen molar-refractivity contribution in [1.29, 1.82) is 0 Å². The average Bonchev–Trinajstić information content (AvgIpc) is 2.57. The van der Waals surface area contributed by atoms with Gasteiger partial charge in [0, 0.05) is 12.6 Å². The van der Waals surface area contributed by atoms with Gasteiger partial charge in [0.05, 0.1) is 5.92 Å². The second-order valence-electron chi connectivity index (χ2n) is 4.17. The highest BCUT2D eigenvalue weighted by Gasteiger charge is 2.38. The molecule has 0 aromatic rings. The number of alkyl halides is 3. The summed E-state index contributed by atoms with van der Waals surface area (Å²) in [5.41, 5.74) is 0. The summed E-state index contributed by atoms with van der Waals surface area (Å²) >= 11 is 0. The van der Waals surface area contributed by atoms with Crippen LogP contribution in [0, 0.1) is 5.92 Å². The molecule has 1 amide bonds. The smallest absolute Gasteiger partial charge is 0.411 e. The fourth-order valence-corrected chi connectivity index (χ4v) is 1.96. The van der Waals surface area contributed by atoms with Crippen molar-refractivity contribution in [2.24, 2.45) is 5.92 Å². The van der Waals surface area contributed by atoms with E-state index in [4.69, 9.17) is 5.11 Å². The number of hydrogen-bond acceptors (Lipinski definition) is 3. The molecule has 0 aliphatic carbocycles. The van der Waals surface area contributed by atoms with Gasteiger partial charge in [0.2, 0.25) is 5.91 Å². The van der Waals surface area contributed by atoms with E-state index in [-0.39, 0.29) is 6.54 Å². The summed E-state index contributed by atoms with van der Waals surface area (Å²) in [5.74, 6) is -2.29. The molecule has 1 aliphatic rings. The van der Waals surface area contributed by atoms with E-state index in [1.54, 1.807) is 6.92 Å². The van der Waals surface area contributed by atoms with Crippen LogP contribution >= 0.6 is 0 Å². The van der Waals surface area contributed by atoms with Gasteiger partial charge in [0.1, 0.15) is 13.2 Å². The zero-order valence-electron chi connectivity index (χ0n) is 9.74. The van der Waals surface area contributed by atoms with Crippen LogP contribution in [0.25, 0.3) is 0 Å². The van der Waals surface area contributed by atoms with E-state index in [0.29, 0.717) is 6.42 Å². The van der Waals surface area contributed by atoms with Crippen molar-refractivity contribution >= 4 is 11.9 Å². The molecule has 8 heteroatoms. The number of carbonyl (C=O) groups excluding carboxylic acids is 1. The second kappa shape index (κ2) is 5.55. The topological polar surface area (TPSA) is 66.8 Å². The number of aliphatic carboxylic acids is 1. The highest BCUT2D eigenvalue weighted by atomic mass is 19.4. The van der Waals surface area contributed by atoms with Gasteiger partial charge in [-0.05, 0) is 13.3 Å². The van der Waals surface area contributed by atoms with Gasteiger partial charge < -0.3 is 14.7 Å². The van der Waals surface area contributed by atoms with Crippen LogP contribution in [0.3, 0.4) is 0 Å². The van der Waals surface area contributed by atoms with Crippen LogP contribution in [0.1, 0.15) is 13.3 Å². The molecule has 104 valence electrons. The molecule has 0 aromatic carbocycles. The van der Waals surface area contributed by atoms with Gasteiger partial charge in [0.15, 0.2) is 0 Å². The fourth-order valence-electron chi connectivity index (χ4n) is 1.96. The number of nitrogens with zero attached hydrogens (tertiary/aromatic N) is 1. The fraction of sp³-hybridized carbons (Fsp3) is 0.800. The third-order valence-electron chi connectivity index (χ3n) is 2.88. The molecule has 0 spiro atoms. The SMILES string of the molecule is CC1C(C(=O)O)CCN1C(=O)COCC(F)(F)F. The predicted octanol–water partition coefficient (Wildman–Crippen LogP) is 0.887. The lowest BCUT2D eigenvalue weighted by molar-refractivity contribution is -0.178. The number of carbonyl (C=O) groups is 2. The maximum absolute atomic E-state index is 11.8. The van der Waals surface area contributed by atoms with Crippen molar-refractivity contribution in [2.45, 2.75) is 25.6 Å². The van der Waals surface area contributed by atoms with Crippen LogP contribution < -0.4 is 0 Å². The maximum Gasteiger partial charge on any atom is 0.411 e. The number of carboxylic acids is 1. The number of rotatable bonds is 4. The zero-order valence-corrected chi connectivity index (χ0v) is 9.74. The monoisotopic (exact) mass is 269 g/mol. The highest BCUT2D eigenvalue weighted by Crippen LogP contribution is 2.24. The van der Waals surface area contributed by atoms with E-state index in [0.717, 1.165) is 0 Å². The van der Waals surface area contributed by atoms with Crippen LogP contribution in [-0.4, -0.2) is 53.9 Å². The summed E-state index contributed by atoms with van der Waals surface area (Å²) in [4.78, 5) is 23.6. The first-order valence-corrected chi connectivity index (χ1v) is 5.39. The Morgan fingerprint density at radius 2 is 2.06 bits per heavy atom. The normalized spacial score (nSPS) is 24.3. The van der Waals surface area contributed by atoms with E-state index in [9.17, 15) is 22.8 Å². The molecule has 0 radical (unpaired) electrons. The Bertz CT molecular complexity index is 332. The molecule has 1 saturated heterocycles. The maximum atomic E-state index is 11.8. The average molecular weight is 269 g/mol. The van der Waals surface area contributed by atoms with Crippen molar-refractivity contribution in [3.05, 3.63) is 0 Å². The molecule has 2 unspecified atom stereocenters. The van der Waals surface area contributed by atoms with Gasteiger partial charge in [-0.15, -0.1) is 0 Å². The van der Waals surface area contributed by atoms with Crippen LogP contribution in [0.15, 0.2) is 0 Å². The first-order chi connectivity index (χ1) is 8.22. The number of carboxylic acid groups (broad SMARTS) is 1.